The lowest BCUT2D eigenvalue weighted by molar-refractivity contribution is 0.368. The van der Waals surface area contributed by atoms with Gasteiger partial charge >= 0.3 is 0 Å². The van der Waals surface area contributed by atoms with Crippen molar-refractivity contribution < 1.29 is 9.15 Å². The molecule has 0 atom stereocenters. The Balaban J connectivity index is 2.36. The van der Waals surface area contributed by atoms with Crippen molar-refractivity contribution in [1.82, 2.24) is 4.98 Å². The van der Waals surface area contributed by atoms with E-state index in [1.165, 1.54) is 0 Å². The molecule has 1 heterocycles. The molecule has 0 aliphatic rings. The highest BCUT2D eigenvalue weighted by molar-refractivity contribution is 5.74. The van der Waals surface area contributed by atoms with E-state index >= 15 is 0 Å². The van der Waals surface area contributed by atoms with Gasteiger partial charge in [-0.3, -0.25) is 0 Å². The molecule has 0 radical (unpaired) electrons. The van der Waals surface area contributed by atoms with E-state index in [0.717, 1.165) is 11.1 Å². The van der Waals surface area contributed by atoms with Crippen LogP contribution in [0.2, 0.25) is 0 Å². The second-order valence-electron chi connectivity index (χ2n) is 2.81. The van der Waals surface area contributed by atoms with Gasteiger partial charge in [0.1, 0.15) is 17.3 Å². The molecular formula is C10H8N2O2. The number of nitrogens with zero attached hydrogens (tertiary/aromatic N) is 2. The number of ether oxygens (including phenoxy) is 1. The summed E-state index contributed by atoms with van der Waals surface area (Å²) in [7, 11) is 0. The van der Waals surface area contributed by atoms with Gasteiger partial charge < -0.3 is 9.15 Å². The van der Waals surface area contributed by atoms with Crippen LogP contribution in [-0.4, -0.2) is 11.6 Å². The fourth-order valence-corrected chi connectivity index (χ4v) is 1.23. The zero-order valence-corrected chi connectivity index (χ0v) is 7.65. The van der Waals surface area contributed by atoms with Crippen LogP contribution in [0.5, 0.6) is 5.75 Å². The van der Waals surface area contributed by atoms with Gasteiger partial charge in [0.25, 0.3) is 0 Å². The topological polar surface area (TPSA) is 59.0 Å². The molecule has 0 fully saturated rings. The first-order chi connectivity index (χ1) is 6.79. The minimum Gasteiger partial charge on any atom is -0.479 e. The van der Waals surface area contributed by atoms with Crippen molar-refractivity contribution in [3.05, 3.63) is 24.1 Å². The minimum absolute atomic E-state index is 0.0440. The molecular weight excluding hydrogens is 180 g/mol. The Kier molecular flexibility index (Phi) is 2.07. The van der Waals surface area contributed by atoms with Gasteiger partial charge in [-0.1, -0.05) is 0 Å². The van der Waals surface area contributed by atoms with E-state index in [0.29, 0.717) is 11.6 Å². The Morgan fingerprint density at radius 3 is 3.21 bits per heavy atom. The lowest BCUT2D eigenvalue weighted by Gasteiger charge is -1.98. The van der Waals surface area contributed by atoms with Gasteiger partial charge in [-0.15, -0.1) is 0 Å². The Bertz CT molecular complexity index is 496. The van der Waals surface area contributed by atoms with Crippen molar-refractivity contribution in [3.63, 3.8) is 0 Å². The van der Waals surface area contributed by atoms with Gasteiger partial charge in [-0.2, -0.15) is 5.26 Å². The third kappa shape index (κ3) is 1.52. The molecule has 4 nitrogen and oxygen atoms in total. The van der Waals surface area contributed by atoms with Crippen molar-refractivity contribution >= 4 is 11.1 Å². The van der Waals surface area contributed by atoms with Crippen LogP contribution in [0.1, 0.15) is 5.89 Å². The maximum absolute atomic E-state index is 8.34. The summed E-state index contributed by atoms with van der Waals surface area (Å²) in [4.78, 5) is 4.15. The summed E-state index contributed by atoms with van der Waals surface area (Å²) in [5, 5.41) is 8.34. The average molecular weight is 188 g/mol. The molecule has 1 aromatic heterocycles. The lowest BCUT2D eigenvalue weighted by Crippen LogP contribution is -1.92. The predicted octanol–water partition coefficient (Wildman–Crippen LogP) is 2.04. The molecule has 1 aromatic carbocycles. The van der Waals surface area contributed by atoms with Gasteiger partial charge in [-0.05, 0) is 12.1 Å². The molecule has 70 valence electrons. The van der Waals surface area contributed by atoms with Crippen LogP contribution in [0.25, 0.3) is 11.1 Å². The number of aryl methyl sites for hydroxylation is 1. The average Bonchev–Trinajstić information content (AvgIpc) is 2.54. The van der Waals surface area contributed by atoms with E-state index in [2.05, 4.69) is 4.98 Å². The summed E-state index contributed by atoms with van der Waals surface area (Å²) in [6.07, 6.45) is 0. The first-order valence-corrected chi connectivity index (χ1v) is 4.16. The zero-order chi connectivity index (χ0) is 9.97. The van der Waals surface area contributed by atoms with Gasteiger partial charge in [0.2, 0.25) is 0 Å². The Morgan fingerprint density at radius 2 is 2.43 bits per heavy atom. The number of nitriles is 1. The van der Waals surface area contributed by atoms with Crippen molar-refractivity contribution in [2.24, 2.45) is 0 Å². The lowest BCUT2D eigenvalue weighted by atomic mass is 10.3. The van der Waals surface area contributed by atoms with Crippen LogP contribution in [-0.2, 0) is 0 Å². The third-order valence-electron chi connectivity index (χ3n) is 1.77. The summed E-state index contributed by atoms with van der Waals surface area (Å²) < 4.78 is 10.4. The number of benzene rings is 1. The molecule has 0 amide bonds. The molecule has 0 bridgehead atoms. The smallest absolute Gasteiger partial charge is 0.192 e. The Hall–Kier alpha value is -2.02. The molecule has 0 aliphatic carbocycles. The van der Waals surface area contributed by atoms with Crippen LogP contribution >= 0.6 is 0 Å². The van der Waals surface area contributed by atoms with E-state index in [4.69, 9.17) is 14.4 Å². The Labute approximate surface area is 80.7 Å². The Morgan fingerprint density at radius 1 is 1.57 bits per heavy atom. The van der Waals surface area contributed by atoms with Crippen LogP contribution in [0.4, 0.5) is 0 Å². The molecule has 0 spiro atoms. The second kappa shape index (κ2) is 3.38. The second-order valence-corrected chi connectivity index (χ2v) is 2.81. The summed E-state index contributed by atoms with van der Waals surface area (Å²) in [5.74, 6) is 1.25. The minimum atomic E-state index is 0.0440. The largest absolute Gasteiger partial charge is 0.479 e. The first-order valence-electron chi connectivity index (χ1n) is 4.16. The molecule has 2 rings (SSSR count). The van der Waals surface area contributed by atoms with E-state index in [9.17, 15) is 0 Å². The molecule has 14 heavy (non-hydrogen) atoms. The van der Waals surface area contributed by atoms with E-state index in [-0.39, 0.29) is 6.61 Å². The van der Waals surface area contributed by atoms with E-state index in [1.807, 2.05) is 6.07 Å². The fourth-order valence-electron chi connectivity index (χ4n) is 1.23. The highest BCUT2D eigenvalue weighted by Gasteiger charge is 2.03. The van der Waals surface area contributed by atoms with Crippen molar-refractivity contribution in [1.29, 1.82) is 5.26 Å². The predicted molar refractivity (Wildman–Crippen MR) is 49.9 cm³/mol. The van der Waals surface area contributed by atoms with Crippen molar-refractivity contribution in [3.8, 4) is 11.8 Å². The van der Waals surface area contributed by atoms with Gasteiger partial charge in [0, 0.05) is 13.0 Å². The fraction of sp³-hybridized carbons (Fsp3) is 0.200. The van der Waals surface area contributed by atoms with Crippen LogP contribution < -0.4 is 4.74 Å². The molecule has 0 saturated heterocycles. The maximum Gasteiger partial charge on any atom is 0.192 e. The number of fused-ring (bicyclic) bond motifs is 1. The number of oxazole rings is 1. The number of rotatable bonds is 2. The monoisotopic (exact) mass is 188 g/mol. The van der Waals surface area contributed by atoms with Gasteiger partial charge in [0.15, 0.2) is 18.1 Å². The van der Waals surface area contributed by atoms with Crippen molar-refractivity contribution in [2.75, 3.05) is 6.61 Å². The van der Waals surface area contributed by atoms with E-state index in [1.54, 1.807) is 25.1 Å². The molecule has 0 unspecified atom stereocenters. The number of hydrogen-bond acceptors (Lipinski definition) is 4. The molecule has 0 saturated carbocycles. The van der Waals surface area contributed by atoms with Crippen LogP contribution in [0, 0.1) is 18.3 Å². The van der Waals surface area contributed by atoms with E-state index < -0.39 is 0 Å². The summed E-state index contributed by atoms with van der Waals surface area (Å²) in [6.45, 7) is 1.83. The SMILES string of the molecule is Cc1nc2cc(OCC#N)ccc2o1. The molecule has 2 aromatic rings. The number of hydrogen-bond donors (Lipinski definition) is 0. The summed E-state index contributed by atoms with van der Waals surface area (Å²) in [6, 6.07) is 7.19. The maximum atomic E-state index is 8.34. The first kappa shape index (κ1) is 8.57. The highest BCUT2D eigenvalue weighted by atomic mass is 16.5. The zero-order valence-electron chi connectivity index (χ0n) is 7.65. The summed E-state index contributed by atoms with van der Waals surface area (Å²) >= 11 is 0. The normalized spacial score (nSPS) is 10.0. The van der Waals surface area contributed by atoms with Crippen molar-refractivity contribution in [2.45, 2.75) is 6.92 Å². The molecule has 4 heteroatoms. The highest BCUT2D eigenvalue weighted by Crippen LogP contribution is 2.20. The van der Waals surface area contributed by atoms with Gasteiger partial charge in [-0.25, -0.2) is 4.98 Å². The quantitative estimate of drug-likeness (QED) is 0.723. The summed E-state index contributed by atoms with van der Waals surface area (Å²) in [5.41, 5.74) is 1.48. The standard InChI is InChI=1S/C10H8N2O2/c1-7-12-9-6-8(13-5-4-11)2-3-10(9)14-7/h2-3,6H,5H2,1H3. The number of aromatic nitrogens is 1. The molecule has 0 aliphatic heterocycles. The third-order valence-corrected chi connectivity index (χ3v) is 1.77. The molecule has 0 N–H and O–H groups in total. The van der Waals surface area contributed by atoms with Crippen LogP contribution in [0.15, 0.2) is 22.6 Å². The van der Waals surface area contributed by atoms with Gasteiger partial charge in [0.05, 0.1) is 0 Å². The van der Waals surface area contributed by atoms with Crippen LogP contribution in [0.3, 0.4) is 0 Å².